The summed E-state index contributed by atoms with van der Waals surface area (Å²) in [5.74, 6) is 1.02. The van der Waals surface area contributed by atoms with Crippen LogP contribution in [0.4, 0.5) is 5.69 Å². The number of nitrogens with zero attached hydrogens (tertiary/aromatic N) is 2. The molecule has 0 aliphatic carbocycles. The van der Waals surface area contributed by atoms with E-state index in [4.69, 9.17) is 0 Å². The number of amidine groups is 1. The molecule has 2 rings (SSSR count). The maximum atomic E-state index is 4.37. The zero-order chi connectivity index (χ0) is 9.97. The van der Waals surface area contributed by atoms with E-state index in [1.165, 1.54) is 11.3 Å². The van der Waals surface area contributed by atoms with Crippen molar-refractivity contribution in [1.82, 2.24) is 5.32 Å². The van der Waals surface area contributed by atoms with Gasteiger partial charge >= 0.3 is 0 Å². The molecule has 0 radical (unpaired) electrons. The number of anilines is 1. The van der Waals surface area contributed by atoms with Crippen molar-refractivity contribution < 1.29 is 0 Å². The highest BCUT2D eigenvalue weighted by atomic mass is 35.5. The van der Waals surface area contributed by atoms with Gasteiger partial charge in [-0.1, -0.05) is 0 Å². The third kappa shape index (κ3) is 3.29. The van der Waals surface area contributed by atoms with Crippen LogP contribution < -0.4 is 10.2 Å². The summed E-state index contributed by atoms with van der Waals surface area (Å²) in [5.41, 5.74) is 2.39. The van der Waals surface area contributed by atoms with Gasteiger partial charge in [0.15, 0.2) is 0 Å². The van der Waals surface area contributed by atoms with Crippen LogP contribution in [-0.4, -0.2) is 33.0 Å². The molecule has 0 saturated heterocycles. The summed E-state index contributed by atoms with van der Waals surface area (Å²) in [7, 11) is 4.08. The molecule has 1 aromatic carbocycles. The smallest absolute Gasteiger partial charge is 0.128 e. The van der Waals surface area contributed by atoms with Gasteiger partial charge in [-0.25, -0.2) is 0 Å². The van der Waals surface area contributed by atoms with Crippen molar-refractivity contribution in [2.24, 2.45) is 4.99 Å². The Bertz CT molecular complexity index is 347. The molecule has 0 fully saturated rings. The maximum Gasteiger partial charge on any atom is 0.128 e. The zero-order valence-electron chi connectivity index (χ0n) is 9.43. The molecule has 0 bridgehead atoms. The van der Waals surface area contributed by atoms with E-state index in [1.54, 1.807) is 0 Å². The lowest BCUT2D eigenvalue weighted by Crippen LogP contribution is -2.19. The summed E-state index contributed by atoms with van der Waals surface area (Å²) in [6, 6.07) is 8.43. The molecule has 1 heterocycles. The highest BCUT2D eigenvalue weighted by molar-refractivity contribution is 5.99. The highest BCUT2D eigenvalue weighted by Gasteiger charge is 2.07. The van der Waals surface area contributed by atoms with Gasteiger partial charge in [0.2, 0.25) is 0 Å². The first-order valence-corrected chi connectivity index (χ1v) is 4.83. The Hall–Kier alpha value is -0.930. The molecular formula is C11H17Cl2N3. The Morgan fingerprint density at radius 3 is 2.19 bits per heavy atom. The molecule has 0 spiro atoms. The molecule has 0 atom stereocenters. The summed E-state index contributed by atoms with van der Waals surface area (Å²) in [6.45, 7) is 1.86. The Kier molecular flexibility index (Phi) is 6.22. The van der Waals surface area contributed by atoms with Gasteiger partial charge in [0.05, 0.1) is 6.54 Å². The molecule has 5 heteroatoms. The molecule has 3 nitrogen and oxygen atoms in total. The predicted octanol–water partition coefficient (Wildman–Crippen LogP) is 1.95. The van der Waals surface area contributed by atoms with Gasteiger partial charge in [-0.15, -0.1) is 24.8 Å². The van der Waals surface area contributed by atoms with Crippen LogP contribution in [0.5, 0.6) is 0 Å². The van der Waals surface area contributed by atoms with E-state index >= 15 is 0 Å². The predicted molar refractivity (Wildman–Crippen MR) is 74.7 cm³/mol. The van der Waals surface area contributed by atoms with Crippen molar-refractivity contribution in [2.45, 2.75) is 0 Å². The van der Waals surface area contributed by atoms with E-state index < -0.39 is 0 Å². The number of hydrogen-bond donors (Lipinski definition) is 1. The van der Waals surface area contributed by atoms with Crippen LogP contribution in [0.25, 0.3) is 0 Å². The van der Waals surface area contributed by atoms with Gasteiger partial charge in [0.1, 0.15) is 5.84 Å². The minimum absolute atomic E-state index is 0. The van der Waals surface area contributed by atoms with E-state index in [0.29, 0.717) is 0 Å². The number of nitrogens with one attached hydrogen (secondary N) is 1. The lowest BCUT2D eigenvalue weighted by Gasteiger charge is -2.12. The third-order valence-electron chi connectivity index (χ3n) is 2.33. The average Bonchev–Trinajstić information content (AvgIpc) is 2.71. The second-order valence-electron chi connectivity index (χ2n) is 3.60. The molecule has 0 saturated carbocycles. The standard InChI is InChI=1S/C11H15N3.2ClH/c1-14(2)10-5-3-9(4-6-10)11-12-7-8-13-11;;/h3-6H,7-8H2,1-2H3,(H,12,13);2*1H. The largest absolute Gasteiger partial charge is 0.378 e. The quantitative estimate of drug-likeness (QED) is 0.882. The van der Waals surface area contributed by atoms with Gasteiger partial charge in [-0.2, -0.15) is 0 Å². The summed E-state index contributed by atoms with van der Waals surface area (Å²) in [4.78, 5) is 6.46. The molecule has 0 unspecified atom stereocenters. The van der Waals surface area contributed by atoms with Crippen LogP contribution in [0.3, 0.4) is 0 Å². The fourth-order valence-electron chi connectivity index (χ4n) is 1.51. The van der Waals surface area contributed by atoms with E-state index in [0.717, 1.165) is 18.9 Å². The van der Waals surface area contributed by atoms with Crippen molar-refractivity contribution in [3.05, 3.63) is 29.8 Å². The first kappa shape index (κ1) is 15.1. The molecule has 1 aliphatic rings. The van der Waals surface area contributed by atoms with Crippen molar-refractivity contribution in [3.8, 4) is 0 Å². The Labute approximate surface area is 109 Å². The molecule has 90 valence electrons. The second-order valence-corrected chi connectivity index (χ2v) is 3.60. The number of aliphatic imine (C=N–C) groups is 1. The molecule has 1 N–H and O–H groups in total. The molecule has 0 amide bonds. The van der Waals surface area contributed by atoms with Crippen LogP contribution in [0.2, 0.25) is 0 Å². The summed E-state index contributed by atoms with van der Waals surface area (Å²) in [6.07, 6.45) is 0. The van der Waals surface area contributed by atoms with E-state index in [-0.39, 0.29) is 24.8 Å². The molecule has 0 aromatic heterocycles. The van der Waals surface area contributed by atoms with Gasteiger partial charge in [-0.05, 0) is 24.3 Å². The zero-order valence-corrected chi connectivity index (χ0v) is 11.1. The molecule has 1 aromatic rings. The number of benzene rings is 1. The molecule has 16 heavy (non-hydrogen) atoms. The van der Waals surface area contributed by atoms with Crippen molar-refractivity contribution in [2.75, 3.05) is 32.1 Å². The highest BCUT2D eigenvalue weighted by Crippen LogP contribution is 2.12. The molecule has 1 aliphatic heterocycles. The van der Waals surface area contributed by atoms with Gasteiger partial charge in [-0.3, -0.25) is 4.99 Å². The van der Waals surface area contributed by atoms with Crippen molar-refractivity contribution in [1.29, 1.82) is 0 Å². The van der Waals surface area contributed by atoms with Gasteiger partial charge in [0, 0.05) is 31.9 Å². The lowest BCUT2D eigenvalue weighted by molar-refractivity contribution is 0.960. The van der Waals surface area contributed by atoms with Crippen LogP contribution in [0.15, 0.2) is 29.3 Å². The van der Waals surface area contributed by atoms with Crippen LogP contribution >= 0.6 is 24.8 Å². The topological polar surface area (TPSA) is 27.6 Å². The average molecular weight is 262 g/mol. The summed E-state index contributed by atoms with van der Waals surface area (Å²) in [5, 5.41) is 3.26. The Morgan fingerprint density at radius 1 is 1.12 bits per heavy atom. The van der Waals surface area contributed by atoms with Gasteiger partial charge in [0.25, 0.3) is 0 Å². The normalized spacial score (nSPS) is 13.0. The van der Waals surface area contributed by atoms with Crippen LogP contribution in [0.1, 0.15) is 5.56 Å². The first-order chi connectivity index (χ1) is 6.77. The minimum Gasteiger partial charge on any atom is -0.378 e. The maximum absolute atomic E-state index is 4.37. The minimum atomic E-state index is 0. The first-order valence-electron chi connectivity index (χ1n) is 4.83. The Morgan fingerprint density at radius 2 is 1.75 bits per heavy atom. The van der Waals surface area contributed by atoms with E-state index in [1.807, 2.05) is 14.1 Å². The third-order valence-corrected chi connectivity index (χ3v) is 2.33. The lowest BCUT2D eigenvalue weighted by atomic mass is 10.2. The van der Waals surface area contributed by atoms with Gasteiger partial charge < -0.3 is 10.2 Å². The number of hydrogen-bond acceptors (Lipinski definition) is 3. The van der Waals surface area contributed by atoms with Crippen LogP contribution in [-0.2, 0) is 0 Å². The number of rotatable bonds is 2. The monoisotopic (exact) mass is 261 g/mol. The van der Waals surface area contributed by atoms with E-state index in [9.17, 15) is 0 Å². The summed E-state index contributed by atoms with van der Waals surface area (Å²) >= 11 is 0. The van der Waals surface area contributed by atoms with E-state index in [2.05, 4.69) is 39.5 Å². The van der Waals surface area contributed by atoms with Crippen LogP contribution in [0, 0.1) is 0 Å². The number of halogens is 2. The van der Waals surface area contributed by atoms with Crippen molar-refractivity contribution >= 4 is 36.3 Å². The second kappa shape index (κ2) is 6.61. The SMILES string of the molecule is CN(C)c1ccc(C2=NCCN2)cc1.Cl.Cl. The summed E-state index contributed by atoms with van der Waals surface area (Å²) < 4.78 is 0. The fourth-order valence-corrected chi connectivity index (χ4v) is 1.51. The molecular weight excluding hydrogens is 245 g/mol. The Balaban J connectivity index is 0.00000112. The fraction of sp³-hybridized carbons (Fsp3) is 0.364. The van der Waals surface area contributed by atoms with Crippen molar-refractivity contribution in [3.63, 3.8) is 0 Å².